The van der Waals surface area contributed by atoms with Gasteiger partial charge in [0.1, 0.15) is 17.7 Å². The maximum atomic E-state index is 13.5. The summed E-state index contributed by atoms with van der Waals surface area (Å²) < 4.78 is 20.4. The Kier molecular flexibility index (Phi) is 2.84. The highest BCUT2D eigenvalue weighted by Gasteiger charge is 2.64. The number of hydrogen-bond donors (Lipinski definition) is 4. The highest BCUT2D eigenvalue weighted by atomic mass is 32.1. The highest BCUT2D eigenvalue weighted by Crippen LogP contribution is 2.44. The molecule has 0 amide bonds. The van der Waals surface area contributed by atoms with Crippen molar-refractivity contribution < 1.29 is 19.3 Å². The lowest BCUT2D eigenvalue weighted by Crippen LogP contribution is -2.39. The van der Waals surface area contributed by atoms with Crippen LogP contribution in [0.1, 0.15) is 6.23 Å². The Morgan fingerprint density at radius 2 is 2.42 bits per heavy atom. The number of anilines is 1. The average molecular weight is 288 g/mol. The van der Waals surface area contributed by atoms with Gasteiger partial charge in [0.15, 0.2) is 17.9 Å². The predicted molar refractivity (Wildman–Crippen MR) is 65.2 cm³/mol. The lowest BCUT2D eigenvalue weighted by atomic mass is 10.00. The molecule has 19 heavy (non-hydrogen) atoms. The van der Waals surface area contributed by atoms with Gasteiger partial charge in [-0.3, -0.25) is 4.57 Å². The number of nitrogens with zero attached hydrogens (tertiary/aromatic N) is 2. The number of nitrogens with two attached hydrogens (primary N) is 1. The van der Waals surface area contributed by atoms with Gasteiger partial charge >= 0.3 is 0 Å². The van der Waals surface area contributed by atoms with Crippen molar-refractivity contribution in [3.8, 4) is 0 Å². The fourth-order valence-electron chi connectivity index (χ4n) is 2.41. The van der Waals surface area contributed by atoms with E-state index in [4.69, 9.17) is 22.7 Å². The molecule has 1 aromatic heterocycles. The molecule has 2 unspecified atom stereocenters. The molecule has 2 saturated heterocycles. The number of rotatable bonds is 2. The SMILES string of the molecule is Nc1nc(=S)n(C2O[C@H](CO)C(O)[C@@]23CN3)cc1F. The molecule has 3 rings (SSSR count). The predicted octanol–water partition coefficient (Wildman–Crippen LogP) is -1.07. The molecule has 0 aliphatic carbocycles. The Morgan fingerprint density at radius 1 is 1.74 bits per heavy atom. The van der Waals surface area contributed by atoms with Crippen molar-refractivity contribution in [3.63, 3.8) is 0 Å². The van der Waals surface area contributed by atoms with Crippen molar-refractivity contribution in [2.75, 3.05) is 18.9 Å². The number of ether oxygens (including phenoxy) is 1. The van der Waals surface area contributed by atoms with Crippen LogP contribution in [0.25, 0.3) is 0 Å². The van der Waals surface area contributed by atoms with Gasteiger partial charge in [0, 0.05) is 12.7 Å². The molecular formula is C10H13FN4O3S. The number of halogens is 1. The molecule has 1 aromatic rings. The van der Waals surface area contributed by atoms with Crippen molar-refractivity contribution in [1.29, 1.82) is 0 Å². The van der Waals surface area contributed by atoms with Crippen LogP contribution in [-0.4, -0.2) is 50.7 Å². The summed E-state index contributed by atoms with van der Waals surface area (Å²) in [5.41, 5.74) is 4.59. The lowest BCUT2D eigenvalue weighted by Gasteiger charge is -2.20. The Bertz CT molecular complexity index is 576. The Morgan fingerprint density at radius 3 is 3.00 bits per heavy atom. The molecular weight excluding hydrogens is 275 g/mol. The van der Waals surface area contributed by atoms with E-state index < -0.39 is 29.8 Å². The third-order valence-corrected chi connectivity index (χ3v) is 3.88. The first-order valence-electron chi connectivity index (χ1n) is 5.73. The number of aromatic nitrogens is 2. The average Bonchev–Trinajstić information content (AvgIpc) is 3.11. The molecule has 4 atom stereocenters. The van der Waals surface area contributed by atoms with Crippen molar-refractivity contribution in [2.24, 2.45) is 0 Å². The molecule has 104 valence electrons. The van der Waals surface area contributed by atoms with Gasteiger partial charge in [-0.1, -0.05) is 0 Å². The monoisotopic (exact) mass is 288 g/mol. The topological polar surface area (TPSA) is 115 Å². The van der Waals surface area contributed by atoms with E-state index in [0.717, 1.165) is 6.20 Å². The van der Waals surface area contributed by atoms with Crippen LogP contribution < -0.4 is 11.1 Å². The van der Waals surface area contributed by atoms with E-state index in [-0.39, 0.29) is 17.2 Å². The van der Waals surface area contributed by atoms with Crippen molar-refractivity contribution in [3.05, 3.63) is 16.8 Å². The fraction of sp³-hybridized carbons (Fsp3) is 0.600. The first-order valence-corrected chi connectivity index (χ1v) is 6.14. The fourth-order valence-corrected chi connectivity index (χ4v) is 2.65. The van der Waals surface area contributed by atoms with Gasteiger partial charge in [0.2, 0.25) is 4.77 Å². The maximum Gasteiger partial charge on any atom is 0.203 e. The van der Waals surface area contributed by atoms with Crippen LogP contribution in [0.2, 0.25) is 0 Å². The van der Waals surface area contributed by atoms with Crippen LogP contribution in [0.5, 0.6) is 0 Å². The van der Waals surface area contributed by atoms with Crippen LogP contribution in [0.15, 0.2) is 6.20 Å². The van der Waals surface area contributed by atoms with Gasteiger partial charge in [0.25, 0.3) is 0 Å². The molecule has 0 saturated carbocycles. The lowest BCUT2D eigenvalue weighted by molar-refractivity contribution is -0.0466. The van der Waals surface area contributed by atoms with Crippen molar-refractivity contribution in [2.45, 2.75) is 24.0 Å². The minimum absolute atomic E-state index is 0.0581. The molecule has 1 spiro atoms. The Balaban J connectivity index is 2.04. The van der Waals surface area contributed by atoms with Gasteiger partial charge in [-0.2, -0.15) is 4.98 Å². The van der Waals surface area contributed by atoms with Crippen LogP contribution in [0, 0.1) is 10.6 Å². The molecule has 0 radical (unpaired) electrons. The molecule has 3 heterocycles. The highest BCUT2D eigenvalue weighted by molar-refractivity contribution is 7.71. The van der Waals surface area contributed by atoms with E-state index >= 15 is 0 Å². The van der Waals surface area contributed by atoms with E-state index in [1.54, 1.807) is 0 Å². The maximum absolute atomic E-state index is 13.5. The second-order valence-corrected chi connectivity index (χ2v) is 5.08. The molecule has 0 aromatic carbocycles. The number of hydrogen-bond acceptors (Lipinski definition) is 7. The molecule has 2 fully saturated rings. The summed E-state index contributed by atoms with van der Waals surface area (Å²) >= 11 is 5.03. The van der Waals surface area contributed by atoms with Gasteiger partial charge in [0.05, 0.1) is 6.61 Å². The second-order valence-electron chi connectivity index (χ2n) is 4.71. The van der Waals surface area contributed by atoms with Crippen molar-refractivity contribution in [1.82, 2.24) is 14.9 Å². The summed E-state index contributed by atoms with van der Waals surface area (Å²) in [6.07, 6.45) is -1.27. The van der Waals surface area contributed by atoms with E-state index in [0.29, 0.717) is 6.54 Å². The van der Waals surface area contributed by atoms with Crippen LogP contribution in [0.3, 0.4) is 0 Å². The van der Waals surface area contributed by atoms with Crippen LogP contribution >= 0.6 is 12.2 Å². The first-order chi connectivity index (χ1) is 8.99. The summed E-state index contributed by atoms with van der Waals surface area (Å²) in [6.45, 7) is 0.155. The zero-order chi connectivity index (χ0) is 13.8. The van der Waals surface area contributed by atoms with Crippen LogP contribution in [-0.2, 0) is 4.74 Å². The molecule has 2 aliphatic heterocycles. The Labute approximate surface area is 112 Å². The van der Waals surface area contributed by atoms with E-state index in [1.807, 2.05) is 0 Å². The summed E-state index contributed by atoms with van der Waals surface area (Å²) in [7, 11) is 0. The van der Waals surface area contributed by atoms with E-state index in [9.17, 15) is 14.6 Å². The van der Waals surface area contributed by atoms with Gasteiger partial charge in [-0.15, -0.1) is 0 Å². The normalized spacial score (nSPS) is 36.9. The molecule has 2 aliphatic rings. The molecule has 0 bridgehead atoms. The molecule has 7 nitrogen and oxygen atoms in total. The standard InChI is InChI=1S/C10H13FN4O3S/c11-4-1-15(9(19)14-7(4)12)8-10(3-13-10)6(17)5(2-16)18-8/h1,5-6,8,13,16-17H,2-3H2,(H2,12,14,19)/t5-,6?,8?,10+/m1/s1. The van der Waals surface area contributed by atoms with Gasteiger partial charge in [-0.05, 0) is 12.2 Å². The molecule has 9 heteroatoms. The minimum Gasteiger partial charge on any atom is -0.394 e. The number of aliphatic hydroxyl groups is 2. The van der Waals surface area contributed by atoms with E-state index in [1.165, 1.54) is 4.57 Å². The van der Waals surface area contributed by atoms with Gasteiger partial charge < -0.3 is 26.0 Å². The first kappa shape index (κ1) is 12.9. The second kappa shape index (κ2) is 4.18. The van der Waals surface area contributed by atoms with Crippen LogP contribution in [0.4, 0.5) is 10.2 Å². The summed E-state index contributed by atoms with van der Waals surface area (Å²) in [5, 5.41) is 22.3. The summed E-state index contributed by atoms with van der Waals surface area (Å²) in [6, 6.07) is 0. The third-order valence-electron chi connectivity index (χ3n) is 3.58. The molecule has 5 N–H and O–H groups in total. The Hall–Kier alpha value is -1.13. The smallest absolute Gasteiger partial charge is 0.203 e. The number of nitrogens with one attached hydrogen (secondary N) is 1. The zero-order valence-electron chi connectivity index (χ0n) is 9.78. The number of aliphatic hydroxyl groups excluding tert-OH is 2. The summed E-state index contributed by atoms with van der Waals surface area (Å²) in [4.78, 5) is 3.72. The largest absolute Gasteiger partial charge is 0.394 e. The quantitative estimate of drug-likeness (QED) is 0.404. The van der Waals surface area contributed by atoms with Crippen molar-refractivity contribution >= 4 is 18.0 Å². The zero-order valence-corrected chi connectivity index (χ0v) is 10.6. The van der Waals surface area contributed by atoms with Gasteiger partial charge in [-0.25, -0.2) is 4.39 Å². The number of nitrogen functional groups attached to an aromatic ring is 1. The third kappa shape index (κ3) is 1.77. The summed E-state index contributed by atoms with van der Waals surface area (Å²) in [5.74, 6) is -0.994. The minimum atomic E-state index is -0.898. The van der Waals surface area contributed by atoms with E-state index in [2.05, 4.69) is 10.3 Å².